The molecule has 2 rings (SSSR count). The number of rotatable bonds is 8. The van der Waals surface area contributed by atoms with E-state index in [1.165, 1.54) is 36.4 Å². The average molecular weight is 413 g/mol. The minimum atomic E-state index is -3.45. The summed E-state index contributed by atoms with van der Waals surface area (Å²) >= 11 is 6.18. The Morgan fingerprint density at radius 3 is 2.48 bits per heavy atom. The average Bonchev–Trinajstić information content (AvgIpc) is 2.61. The van der Waals surface area contributed by atoms with Crippen molar-refractivity contribution < 1.29 is 18.1 Å². The molecule has 1 N–H and O–H groups in total. The molecule has 146 valence electrons. The highest BCUT2D eigenvalue weighted by atomic mass is 35.5. The van der Waals surface area contributed by atoms with Crippen molar-refractivity contribution in [3.8, 4) is 11.5 Å². The van der Waals surface area contributed by atoms with Gasteiger partial charge >= 0.3 is 0 Å². The molecule has 0 saturated carbocycles. The first-order valence-electron chi connectivity index (χ1n) is 8.40. The maximum absolute atomic E-state index is 12.2. The monoisotopic (exact) mass is 412 g/mol. The summed E-state index contributed by atoms with van der Waals surface area (Å²) in [6.45, 7) is 5.71. The minimum absolute atomic E-state index is 0.0553. The molecule has 0 aliphatic heterocycles. The van der Waals surface area contributed by atoms with Gasteiger partial charge in [0, 0.05) is 18.7 Å². The zero-order chi connectivity index (χ0) is 20.2. The summed E-state index contributed by atoms with van der Waals surface area (Å²) < 4.78 is 30.2. The lowest BCUT2D eigenvalue weighted by Gasteiger charge is -2.12. The molecule has 2 aromatic carbocycles. The van der Waals surface area contributed by atoms with E-state index >= 15 is 0 Å². The number of nitro benzene ring substituents is 1. The van der Waals surface area contributed by atoms with Gasteiger partial charge in [-0.2, -0.15) is 0 Å². The third-order valence-electron chi connectivity index (χ3n) is 3.81. The summed E-state index contributed by atoms with van der Waals surface area (Å²) in [6, 6.07) is 8.57. The van der Waals surface area contributed by atoms with Crippen LogP contribution in [0.2, 0.25) is 5.02 Å². The van der Waals surface area contributed by atoms with Crippen LogP contribution in [0.5, 0.6) is 11.5 Å². The molecule has 0 aliphatic rings. The predicted octanol–water partition coefficient (Wildman–Crippen LogP) is 5.04. The maximum atomic E-state index is 12.2. The molecule has 0 fully saturated rings. The largest absolute Gasteiger partial charge is 0.456 e. The van der Waals surface area contributed by atoms with E-state index in [9.17, 15) is 18.5 Å². The lowest BCUT2D eigenvalue weighted by molar-refractivity contribution is -0.384. The molecule has 27 heavy (non-hydrogen) atoms. The van der Waals surface area contributed by atoms with Gasteiger partial charge in [-0.3, -0.25) is 10.1 Å². The number of nitro groups is 1. The molecule has 0 heterocycles. The Morgan fingerprint density at radius 2 is 1.93 bits per heavy atom. The van der Waals surface area contributed by atoms with E-state index < -0.39 is 20.0 Å². The summed E-state index contributed by atoms with van der Waals surface area (Å²) in [5.41, 5.74) is 0.287. The SMILES string of the molecule is CCCNc1cc(Oc2ccc(S(=O)(=O)C(C)C)cc2Cl)ccc1[N+](=O)[O-]. The van der Waals surface area contributed by atoms with Gasteiger partial charge in [0.15, 0.2) is 9.84 Å². The van der Waals surface area contributed by atoms with Crippen molar-refractivity contribution >= 4 is 32.8 Å². The Labute approximate surface area is 163 Å². The second kappa shape index (κ2) is 8.58. The highest BCUT2D eigenvalue weighted by molar-refractivity contribution is 7.92. The molecule has 0 atom stereocenters. The van der Waals surface area contributed by atoms with Crippen LogP contribution in [-0.2, 0) is 9.84 Å². The number of nitrogens with zero attached hydrogens (tertiary/aromatic N) is 1. The first-order chi connectivity index (χ1) is 12.7. The number of benzene rings is 2. The first-order valence-corrected chi connectivity index (χ1v) is 10.3. The van der Waals surface area contributed by atoms with E-state index in [0.29, 0.717) is 18.0 Å². The van der Waals surface area contributed by atoms with Gasteiger partial charge < -0.3 is 10.1 Å². The smallest absolute Gasteiger partial charge is 0.292 e. The van der Waals surface area contributed by atoms with Gasteiger partial charge in [-0.1, -0.05) is 18.5 Å². The number of hydrogen-bond acceptors (Lipinski definition) is 6. The van der Waals surface area contributed by atoms with Crippen LogP contribution in [0, 0.1) is 10.1 Å². The Kier molecular flexibility index (Phi) is 6.67. The lowest BCUT2D eigenvalue weighted by atomic mass is 10.2. The van der Waals surface area contributed by atoms with E-state index in [4.69, 9.17) is 16.3 Å². The fraction of sp³-hybridized carbons (Fsp3) is 0.333. The third-order valence-corrected chi connectivity index (χ3v) is 6.26. The van der Waals surface area contributed by atoms with Crippen molar-refractivity contribution in [1.82, 2.24) is 0 Å². The van der Waals surface area contributed by atoms with Crippen molar-refractivity contribution in [2.75, 3.05) is 11.9 Å². The van der Waals surface area contributed by atoms with Crippen LogP contribution < -0.4 is 10.1 Å². The van der Waals surface area contributed by atoms with Crippen LogP contribution in [0.3, 0.4) is 0 Å². The van der Waals surface area contributed by atoms with Crippen LogP contribution in [-0.4, -0.2) is 25.1 Å². The van der Waals surface area contributed by atoms with Crippen LogP contribution in [0.25, 0.3) is 0 Å². The molecule has 0 radical (unpaired) electrons. The quantitative estimate of drug-likeness (QED) is 0.481. The lowest BCUT2D eigenvalue weighted by Crippen LogP contribution is -2.13. The maximum Gasteiger partial charge on any atom is 0.292 e. The summed E-state index contributed by atoms with van der Waals surface area (Å²) in [4.78, 5) is 10.8. The Hall–Kier alpha value is -2.32. The van der Waals surface area contributed by atoms with Crippen molar-refractivity contribution in [1.29, 1.82) is 0 Å². The summed E-state index contributed by atoms with van der Waals surface area (Å²) in [5.74, 6) is 0.607. The van der Waals surface area contributed by atoms with Crippen LogP contribution in [0.4, 0.5) is 11.4 Å². The molecule has 7 nitrogen and oxygen atoms in total. The van der Waals surface area contributed by atoms with E-state index in [1.807, 2.05) is 6.92 Å². The minimum Gasteiger partial charge on any atom is -0.456 e. The van der Waals surface area contributed by atoms with Crippen LogP contribution in [0.15, 0.2) is 41.3 Å². The normalized spacial score (nSPS) is 11.4. The topological polar surface area (TPSA) is 98.5 Å². The molecule has 0 saturated heterocycles. The Morgan fingerprint density at radius 1 is 1.22 bits per heavy atom. The van der Waals surface area contributed by atoms with Gasteiger partial charge in [0.25, 0.3) is 5.69 Å². The molecule has 2 aromatic rings. The predicted molar refractivity (Wildman–Crippen MR) is 106 cm³/mol. The molecular formula is C18H21ClN2O5S. The molecule has 0 bridgehead atoms. The summed E-state index contributed by atoms with van der Waals surface area (Å²) in [7, 11) is -3.45. The Balaban J connectivity index is 2.33. The van der Waals surface area contributed by atoms with Gasteiger partial charge in [0.1, 0.15) is 17.2 Å². The number of halogens is 1. The number of anilines is 1. The second-order valence-electron chi connectivity index (χ2n) is 6.15. The number of sulfone groups is 1. The summed E-state index contributed by atoms with van der Waals surface area (Å²) in [6.07, 6.45) is 0.805. The fourth-order valence-electron chi connectivity index (χ4n) is 2.28. The van der Waals surface area contributed by atoms with E-state index in [0.717, 1.165) is 6.42 Å². The number of hydrogen-bond donors (Lipinski definition) is 1. The summed E-state index contributed by atoms with van der Waals surface area (Å²) in [5, 5.41) is 13.7. The van der Waals surface area contributed by atoms with Crippen molar-refractivity contribution in [3.63, 3.8) is 0 Å². The zero-order valence-electron chi connectivity index (χ0n) is 15.2. The number of ether oxygens (including phenoxy) is 1. The van der Waals surface area contributed by atoms with Crippen LogP contribution in [0.1, 0.15) is 27.2 Å². The first kappa shape index (κ1) is 21.0. The van der Waals surface area contributed by atoms with Gasteiger partial charge in [-0.15, -0.1) is 0 Å². The fourth-order valence-corrected chi connectivity index (χ4v) is 3.65. The molecule has 0 spiro atoms. The number of nitrogens with one attached hydrogen (secondary N) is 1. The molecule has 0 aromatic heterocycles. The van der Waals surface area contributed by atoms with Crippen molar-refractivity contribution in [2.45, 2.75) is 37.3 Å². The van der Waals surface area contributed by atoms with Gasteiger partial charge in [0.2, 0.25) is 0 Å². The van der Waals surface area contributed by atoms with Gasteiger partial charge in [-0.05, 0) is 44.5 Å². The highest BCUT2D eigenvalue weighted by Gasteiger charge is 2.21. The molecule has 0 amide bonds. The zero-order valence-corrected chi connectivity index (χ0v) is 16.8. The second-order valence-corrected chi connectivity index (χ2v) is 9.06. The van der Waals surface area contributed by atoms with E-state index in [2.05, 4.69) is 5.32 Å². The third kappa shape index (κ3) is 4.90. The molecule has 9 heteroatoms. The molecular weight excluding hydrogens is 392 g/mol. The van der Waals surface area contributed by atoms with Gasteiger partial charge in [-0.25, -0.2) is 8.42 Å². The van der Waals surface area contributed by atoms with E-state index in [-0.39, 0.29) is 21.4 Å². The Bertz CT molecular complexity index is 945. The van der Waals surface area contributed by atoms with E-state index in [1.54, 1.807) is 13.8 Å². The van der Waals surface area contributed by atoms with Gasteiger partial charge in [0.05, 0.1) is 20.1 Å². The van der Waals surface area contributed by atoms with Crippen molar-refractivity contribution in [2.24, 2.45) is 0 Å². The van der Waals surface area contributed by atoms with Crippen molar-refractivity contribution in [3.05, 3.63) is 51.5 Å². The molecule has 0 unspecified atom stereocenters. The standard InChI is InChI=1S/C18H21ClN2O5S/c1-4-9-20-16-10-13(5-7-17(16)21(22)23)26-18-8-6-14(11-15(18)19)27(24,25)12(2)3/h5-8,10-12,20H,4,9H2,1-3H3. The van der Waals surface area contributed by atoms with Crippen LogP contribution >= 0.6 is 11.6 Å². The highest BCUT2D eigenvalue weighted by Crippen LogP contribution is 2.35. The molecule has 0 aliphatic carbocycles.